The third kappa shape index (κ3) is 4.33. The van der Waals surface area contributed by atoms with Crippen molar-refractivity contribution in [1.29, 1.82) is 0 Å². The number of nitrogens with zero attached hydrogens (tertiary/aromatic N) is 2. The highest BCUT2D eigenvalue weighted by atomic mass is 35.5. The van der Waals surface area contributed by atoms with Crippen LogP contribution in [0.4, 0.5) is 10.5 Å². The topological polar surface area (TPSA) is 69.7 Å². The van der Waals surface area contributed by atoms with Gasteiger partial charge in [0, 0.05) is 36.9 Å². The molecule has 2 aromatic rings. The van der Waals surface area contributed by atoms with Crippen LogP contribution in [0.15, 0.2) is 48.5 Å². The highest BCUT2D eigenvalue weighted by molar-refractivity contribution is 7.90. The second kappa shape index (κ2) is 8.57. The van der Waals surface area contributed by atoms with Crippen molar-refractivity contribution in [3.8, 4) is 0 Å². The average molecular weight is 448 g/mol. The summed E-state index contributed by atoms with van der Waals surface area (Å²) >= 11 is 5.93. The van der Waals surface area contributed by atoms with Gasteiger partial charge in [-0.1, -0.05) is 41.9 Å². The smallest absolute Gasteiger partial charge is 0.321 e. The summed E-state index contributed by atoms with van der Waals surface area (Å²) in [5.74, 6) is 0.0403. The van der Waals surface area contributed by atoms with E-state index in [0.29, 0.717) is 44.0 Å². The second-order valence-corrected chi connectivity index (χ2v) is 10.7. The first-order valence-corrected chi connectivity index (χ1v) is 12.1. The van der Waals surface area contributed by atoms with Gasteiger partial charge in [-0.15, -0.1) is 0 Å². The Balaban J connectivity index is 1.41. The lowest BCUT2D eigenvalue weighted by Crippen LogP contribution is -2.37. The minimum atomic E-state index is -3.39. The van der Waals surface area contributed by atoms with Crippen LogP contribution in [-0.2, 0) is 16.6 Å². The van der Waals surface area contributed by atoms with Crippen molar-refractivity contribution >= 4 is 33.3 Å². The molecule has 160 valence electrons. The highest BCUT2D eigenvalue weighted by Crippen LogP contribution is 2.35. The van der Waals surface area contributed by atoms with Crippen LogP contribution >= 0.6 is 11.6 Å². The van der Waals surface area contributed by atoms with Crippen molar-refractivity contribution in [2.45, 2.75) is 31.6 Å². The summed E-state index contributed by atoms with van der Waals surface area (Å²) in [5, 5.41) is 3.16. The number of rotatable bonds is 3. The zero-order valence-electron chi connectivity index (χ0n) is 16.9. The molecule has 0 aromatic heterocycles. The molecule has 0 spiro atoms. The molecule has 2 aliphatic rings. The van der Waals surface area contributed by atoms with Gasteiger partial charge in [-0.3, -0.25) is 0 Å². The van der Waals surface area contributed by atoms with E-state index in [1.807, 2.05) is 43.3 Å². The predicted molar refractivity (Wildman–Crippen MR) is 119 cm³/mol. The predicted octanol–water partition coefficient (Wildman–Crippen LogP) is 4.11. The highest BCUT2D eigenvalue weighted by Gasteiger charge is 2.47. The molecular formula is C22H26ClN3O3S. The molecule has 2 aliphatic heterocycles. The van der Waals surface area contributed by atoms with E-state index in [0.717, 1.165) is 16.8 Å². The van der Waals surface area contributed by atoms with Gasteiger partial charge in [0.25, 0.3) is 0 Å². The molecule has 2 saturated heterocycles. The molecule has 8 heteroatoms. The maximum atomic E-state index is 13.1. The quantitative estimate of drug-likeness (QED) is 0.769. The standard InChI is InChI=1S/C22H26ClN3O3S/c1-16-4-2-3-5-20(16)24-22(27)25-12-10-18-15-26(30(28,29)21(18)11-13-25)14-17-6-8-19(23)9-7-17/h2-9,18,21H,10-15H2,1H3,(H,24,27)/t18-,21-/m1/s1. The Morgan fingerprint density at radius 2 is 1.80 bits per heavy atom. The molecule has 2 heterocycles. The van der Waals surface area contributed by atoms with Crippen LogP contribution < -0.4 is 5.32 Å². The van der Waals surface area contributed by atoms with Crippen LogP contribution in [-0.4, -0.2) is 48.5 Å². The number of hydrogen-bond donors (Lipinski definition) is 1. The van der Waals surface area contributed by atoms with Crippen molar-refractivity contribution in [3.05, 3.63) is 64.7 Å². The van der Waals surface area contributed by atoms with E-state index in [-0.39, 0.29) is 11.9 Å². The monoisotopic (exact) mass is 447 g/mol. The zero-order valence-corrected chi connectivity index (χ0v) is 18.5. The number of anilines is 1. The molecule has 0 radical (unpaired) electrons. The van der Waals surface area contributed by atoms with Gasteiger partial charge in [-0.2, -0.15) is 4.31 Å². The number of hydrogen-bond acceptors (Lipinski definition) is 3. The van der Waals surface area contributed by atoms with Gasteiger partial charge in [-0.25, -0.2) is 13.2 Å². The molecule has 0 saturated carbocycles. The van der Waals surface area contributed by atoms with Crippen molar-refractivity contribution in [2.75, 3.05) is 25.0 Å². The van der Waals surface area contributed by atoms with Gasteiger partial charge in [-0.05, 0) is 55.0 Å². The summed E-state index contributed by atoms with van der Waals surface area (Å²) in [6.45, 7) is 3.81. The van der Waals surface area contributed by atoms with Crippen LogP contribution in [0.3, 0.4) is 0 Å². The number of nitrogens with one attached hydrogen (secondary N) is 1. The summed E-state index contributed by atoms with van der Waals surface area (Å²) in [6.07, 6.45) is 1.15. The van der Waals surface area contributed by atoms with E-state index >= 15 is 0 Å². The zero-order chi connectivity index (χ0) is 21.3. The Morgan fingerprint density at radius 1 is 1.10 bits per heavy atom. The number of para-hydroxylation sites is 1. The minimum absolute atomic E-state index is 0.0403. The lowest BCUT2D eigenvalue weighted by molar-refractivity contribution is 0.212. The third-order valence-corrected chi connectivity index (χ3v) is 8.74. The Hall–Kier alpha value is -2.09. The number of carbonyl (C=O) groups excluding carboxylic acids is 1. The van der Waals surface area contributed by atoms with Gasteiger partial charge < -0.3 is 10.2 Å². The van der Waals surface area contributed by atoms with Crippen LogP contribution in [0.5, 0.6) is 0 Å². The number of aryl methyl sites for hydroxylation is 1. The number of halogens is 1. The molecule has 0 aliphatic carbocycles. The summed E-state index contributed by atoms with van der Waals surface area (Å²) < 4.78 is 27.9. The molecule has 6 nitrogen and oxygen atoms in total. The molecule has 4 rings (SSSR count). The van der Waals surface area contributed by atoms with E-state index in [2.05, 4.69) is 5.32 Å². The molecule has 2 amide bonds. The van der Waals surface area contributed by atoms with Crippen LogP contribution in [0.25, 0.3) is 0 Å². The summed E-state index contributed by atoms with van der Waals surface area (Å²) in [6, 6.07) is 14.8. The number of fused-ring (bicyclic) bond motifs is 1. The summed E-state index contributed by atoms with van der Waals surface area (Å²) in [4.78, 5) is 14.5. The number of benzene rings is 2. The maximum Gasteiger partial charge on any atom is 0.321 e. The fourth-order valence-corrected chi connectivity index (χ4v) is 6.70. The Kier molecular flexibility index (Phi) is 6.04. The van der Waals surface area contributed by atoms with Crippen molar-refractivity contribution in [3.63, 3.8) is 0 Å². The molecule has 0 unspecified atom stereocenters. The Labute approximate surface area is 182 Å². The number of amides is 2. The van der Waals surface area contributed by atoms with E-state index in [1.165, 1.54) is 0 Å². The van der Waals surface area contributed by atoms with E-state index in [1.54, 1.807) is 21.3 Å². The number of likely N-dealkylation sites (tertiary alicyclic amines) is 1. The number of sulfonamides is 1. The van der Waals surface area contributed by atoms with Crippen LogP contribution in [0, 0.1) is 12.8 Å². The third-order valence-electron chi connectivity index (χ3n) is 6.11. The SMILES string of the molecule is Cc1ccccc1NC(=O)N1CC[C@@H]2CN(Cc3ccc(Cl)cc3)S(=O)(=O)[C@@H]2CC1. The van der Waals surface area contributed by atoms with Crippen molar-refractivity contribution in [1.82, 2.24) is 9.21 Å². The van der Waals surface area contributed by atoms with E-state index in [9.17, 15) is 13.2 Å². The first-order valence-electron chi connectivity index (χ1n) is 10.2. The van der Waals surface area contributed by atoms with Crippen LogP contribution in [0.2, 0.25) is 5.02 Å². The average Bonchev–Trinajstić information content (AvgIpc) is 2.86. The number of carbonyl (C=O) groups is 1. The van der Waals surface area contributed by atoms with E-state index < -0.39 is 15.3 Å². The molecule has 1 N–H and O–H groups in total. The Bertz CT molecular complexity index is 1030. The molecule has 2 atom stereocenters. The van der Waals surface area contributed by atoms with Gasteiger partial charge in [0.2, 0.25) is 10.0 Å². The van der Waals surface area contributed by atoms with Gasteiger partial charge in [0.1, 0.15) is 0 Å². The second-order valence-electron chi connectivity index (χ2n) is 8.07. The van der Waals surface area contributed by atoms with Gasteiger partial charge >= 0.3 is 6.03 Å². The molecule has 30 heavy (non-hydrogen) atoms. The van der Waals surface area contributed by atoms with Gasteiger partial charge in [0.05, 0.1) is 5.25 Å². The fraction of sp³-hybridized carbons (Fsp3) is 0.409. The minimum Gasteiger partial charge on any atom is -0.324 e. The Morgan fingerprint density at radius 3 is 2.53 bits per heavy atom. The number of urea groups is 1. The normalized spacial score (nSPS) is 23.6. The first kappa shape index (κ1) is 21.2. The van der Waals surface area contributed by atoms with Crippen LogP contribution in [0.1, 0.15) is 24.0 Å². The summed E-state index contributed by atoms with van der Waals surface area (Å²) in [7, 11) is -3.39. The molecular weight excluding hydrogens is 422 g/mol. The first-order chi connectivity index (χ1) is 14.3. The lowest BCUT2D eigenvalue weighted by Gasteiger charge is -2.23. The summed E-state index contributed by atoms with van der Waals surface area (Å²) in [5.41, 5.74) is 2.71. The maximum absolute atomic E-state index is 13.1. The van der Waals surface area contributed by atoms with Gasteiger partial charge in [0.15, 0.2) is 0 Å². The molecule has 0 bridgehead atoms. The molecule has 2 aromatic carbocycles. The lowest BCUT2D eigenvalue weighted by atomic mass is 10.0. The van der Waals surface area contributed by atoms with Crippen molar-refractivity contribution < 1.29 is 13.2 Å². The van der Waals surface area contributed by atoms with Crippen molar-refractivity contribution in [2.24, 2.45) is 5.92 Å². The van der Waals surface area contributed by atoms with E-state index in [4.69, 9.17) is 11.6 Å². The largest absolute Gasteiger partial charge is 0.324 e. The molecule has 2 fully saturated rings. The fourth-order valence-electron chi connectivity index (χ4n) is 4.35.